The molecule has 1 rings (SSSR count). The molecule has 12 heavy (non-hydrogen) atoms. The maximum atomic E-state index is 11.2. The standard InChI is InChI=1S/C9H14O3/c1-6-5-12-9(3,11-4)8(6)7(2)10/h8H,1,5H2,2-4H3. The Balaban J connectivity index is 2.91. The molecule has 0 aromatic heterocycles. The Labute approximate surface area is 72.4 Å². The Morgan fingerprint density at radius 1 is 1.83 bits per heavy atom. The molecule has 0 saturated carbocycles. The summed E-state index contributed by atoms with van der Waals surface area (Å²) < 4.78 is 10.5. The number of carbonyl (C=O) groups excluding carboxylic acids is 1. The van der Waals surface area contributed by atoms with Crippen LogP contribution in [0.2, 0.25) is 0 Å². The van der Waals surface area contributed by atoms with Gasteiger partial charge in [-0.25, -0.2) is 0 Å². The summed E-state index contributed by atoms with van der Waals surface area (Å²) in [5, 5.41) is 0. The first-order chi connectivity index (χ1) is 5.51. The van der Waals surface area contributed by atoms with Crippen LogP contribution in [0.25, 0.3) is 0 Å². The zero-order valence-electron chi connectivity index (χ0n) is 7.72. The van der Waals surface area contributed by atoms with E-state index in [0.29, 0.717) is 6.61 Å². The topological polar surface area (TPSA) is 35.5 Å². The monoisotopic (exact) mass is 170 g/mol. The smallest absolute Gasteiger partial charge is 0.179 e. The first-order valence-electron chi connectivity index (χ1n) is 3.88. The van der Waals surface area contributed by atoms with Crippen LogP contribution in [0, 0.1) is 5.92 Å². The second kappa shape index (κ2) is 2.99. The third-order valence-corrected chi connectivity index (χ3v) is 2.29. The summed E-state index contributed by atoms with van der Waals surface area (Å²) in [5.74, 6) is -1.08. The van der Waals surface area contributed by atoms with E-state index in [4.69, 9.17) is 9.47 Å². The summed E-state index contributed by atoms with van der Waals surface area (Å²) in [5.41, 5.74) is 0.798. The van der Waals surface area contributed by atoms with Crippen molar-refractivity contribution in [2.75, 3.05) is 13.7 Å². The third-order valence-electron chi connectivity index (χ3n) is 2.29. The zero-order valence-corrected chi connectivity index (χ0v) is 7.72. The molecule has 0 bridgehead atoms. The molecule has 3 nitrogen and oxygen atoms in total. The average Bonchev–Trinajstić information content (AvgIpc) is 2.28. The van der Waals surface area contributed by atoms with E-state index in [2.05, 4.69) is 6.58 Å². The Bertz CT molecular complexity index is 222. The normalized spacial score (nSPS) is 35.6. The van der Waals surface area contributed by atoms with Crippen molar-refractivity contribution in [1.29, 1.82) is 0 Å². The quantitative estimate of drug-likeness (QED) is 0.583. The second-order valence-corrected chi connectivity index (χ2v) is 3.21. The van der Waals surface area contributed by atoms with Gasteiger partial charge in [0.25, 0.3) is 0 Å². The van der Waals surface area contributed by atoms with Crippen LogP contribution in [0.1, 0.15) is 13.8 Å². The average molecular weight is 170 g/mol. The molecule has 1 fully saturated rings. The van der Waals surface area contributed by atoms with E-state index in [1.165, 1.54) is 14.0 Å². The van der Waals surface area contributed by atoms with Crippen LogP contribution < -0.4 is 0 Å². The molecule has 0 N–H and O–H groups in total. The van der Waals surface area contributed by atoms with Crippen LogP contribution in [0.4, 0.5) is 0 Å². The number of Topliss-reactive ketones (excluding diaryl/α,β-unsaturated/α-hetero) is 1. The molecule has 0 amide bonds. The van der Waals surface area contributed by atoms with Crippen LogP contribution in [0.5, 0.6) is 0 Å². The molecule has 2 unspecified atom stereocenters. The molecule has 0 aromatic carbocycles. The Kier molecular flexibility index (Phi) is 2.35. The van der Waals surface area contributed by atoms with E-state index in [-0.39, 0.29) is 11.7 Å². The molecular weight excluding hydrogens is 156 g/mol. The van der Waals surface area contributed by atoms with Crippen molar-refractivity contribution in [2.24, 2.45) is 5.92 Å². The van der Waals surface area contributed by atoms with Crippen molar-refractivity contribution < 1.29 is 14.3 Å². The van der Waals surface area contributed by atoms with Gasteiger partial charge in [-0.2, -0.15) is 0 Å². The van der Waals surface area contributed by atoms with Crippen molar-refractivity contribution in [3.8, 4) is 0 Å². The van der Waals surface area contributed by atoms with Crippen molar-refractivity contribution in [3.63, 3.8) is 0 Å². The number of ether oxygens (including phenoxy) is 2. The molecule has 1 saturated heterocycles. The van der Waals surface area contributed by atoms with Gasteiger partial charge in [0.2, 0.25) is 0 Å². The lowest BCUT2D eigenvalue weighted by molar-refractivity contribution is -0.201. The fourth-order valence-corrected chi connectivity index (χ4v) is 1.61. The molecule has 68 valence electrons. The van der Waals surface area contributed by atoms with Gasteiger partial charge in [-0.15, -0.1) is 0 Å². The summed E-state index contributed by atoms with van der Waals surface area (Å²) in [6.45, 7) is 7.48. The summed E-state index contributed by atoms with van der Waals surface area (Å²) in [6.07, 6.45) is 0. The number of hydrogen-bond acceptors (Lipinski definition) is 3. The zero-order chi connectivity index (χ0) is 9.35. The van der Waals surface area contributed by atoms with Gasteiger partial charge in [0.15, 0.2) is 5.79 Å². The Morgan fingerprint density at radius 2 is 2.42 bits per heavy atom. The van der Waals surface area contributed by atoms with E-state index in [1.54, 1.807) is 6.92 Å². The summed E-state index contributed by atoms with van der Waals surface area (Å²) >= 11 is 0. The molecule has 1 aliphatic rings. The Morgan fingerprint density at radius 3 is 2.75 bits per heavy atom. The summed E-state index contributed by atoms with van der Waals surface area (Å²) in [6, 6.07) is 0. The van der Waals surface area contributed by atoms with Gasteiger partial charge in [0, 0.05) is 7.11 Å². The lowest BCUT2D eigenvalue weighted by atomic mass is 9.92. The van der Waals surface area contributed by atoms with Gasteiger partial charge in [-0.1, -0.05) is 6.58 Å². The van der Waals surface area contributed by atoms with Crippen molar-refractivity contribution in [2.45, 2.75) is 19.6 Å². The van der Waals surface area contributed by atoms with Gasteiger partial charge < -0.3 is 9.47 Å². The SMILES string of the molecule is C=C1COC(C)(OC)C1C(C)=O. The summed E-state index contributed by atoms with van der Waals surface area (Å²) in [4.78, 5) is 11.2. The molecule has 0 spiro atoms. The van der Waals surface area contributed by atoms with E-state index < -0.39 is 5.79 Å². The highest BCUT2D eigenvalue weighted by molar-refractivity contribution is 5.82. The van der Waals surface area contributed by atoms with Crippen molar-refractivity contribution in [3.05, 3.63) is 12.2 Å². The van der Waals surface area contributed by atoms with E-state index in [9.17, 15) is 4.79 Å². The molecule has 0 aromatic rings. The predicted octanol–water partition coefficient (Wildman–Crippen LogP) is 1.14. The highest BCUT2D eigenvalue weighted by Crippen LogP contribution is 2.35. The minimum Gasteiger partial charge on any atom is -0.352 e. The molecule has 0 radical (unpaired) electrons. The lowest BCUT2D eigenvalue weighted by Crippen LogP contribution is -2.37. The van der Waals surface area contributed by atoms with Crippen LogP contribution >= 0.6 is 0 Å². The van der Waals surface area contributed by atoms with Gasteiger partial charge >= 0.3 is 0 Å². The minimum absolute atomic E-state index is 0.0434. The number of hydrogen-bond donors (Lipinski definition) is 0. The molecule has 3 heteroatoms. The highest BCUT2D eigenvalue weighted by Gasteiger charge is 2.45. The first kappa shape index (κ1) is 9.42. The van der Waals surface area contributed by atoms with Crippen LogP contribution in [-0.4, -0.2) is 25.3 Å². The fourth-order valence-electron chi connectivity index (χ4n) is 1.61. The third kappa shape index (κ3) is 1.30. The van der Waals surface area contributed by atoms with Crippen molar-refractivity contribution in [1.82, 2.24) is 0 Å². The highest BCUT2D eigenvalue weighted by atomic mass is 16.7. The number of methoxy groups -OCH3 is 1. The number of rotatable bonds is 2. The van der Waals surface area contributed by atoms with Crippen LogP contribution in [0.3, 0.4) is 0 Å². The van der Waals surface area contributed by atoms with Crippen molar-refractivity contribution >= 4 is 5.78 Å². The number of ketones is 1. The van der Waals surface area contributed by atoms with E-state index in [1.807, 2.05) is 0 Å². The van der Waals surface area contributed by atoms with Gasteiger partial charge in [-0.3, -0.25) is 4.79 Å². The van der Waals surface area contributed by atoms with Gasteiger partial charge in [0.1, 0.15) is 5.78 Å². The van der Waals surface area contributed by atoms with E-state index in [0.717, 1.165) is 5.57 Å². The maximum absolute atomic E-state index is 11.2. The fraction of sp³-hybridized carbons (Fsp3) is 0.667. The molecule has 1 aliphatic heterocycles. The minimum atomic E-state index is -0.803. The number of carbonyl (C=O) groups is 1. The molecule has 1 heterocycles. The maximum Gasteiger partial charge on any atom is 0.179 e. The summed E-state index contributed by atoms with van der Waals surface area (Å²) in [7, 11) is 1.54. The first-order valence-corrected chi connectivity index (χ1v) is 3.88. The lowest BCUT2D eigenvalue weighted by Gasteiger charge is -2.26. The largest absolute Gasteiger partial charge is 0.352 e. The van der Waals surface area contributed by atoms with Crippen LogP contribution in [-0.2, 0) is 14.3 Å². The second-order valence-electron chi connectivity index (χ2n) is 3.21. The predicted molar refractivity (Wildman–Crippen MR) is 44.7 cm³/mol. The van der Waals surface area contributed by atoms with Crippen LogP contribution in [0.15, 0.2) is 12.2 Å². The van der Waals surface area contributed by atoms with Gasteiger partial charge in [-0.05, 0) is 19.4 Å². The Hall–Kier alpha value is -0.670. The molecular formula is C9H14O3. The molecule has 2 atom stereocenters. The van der Waals surface area contributed by atoms with E-state index >= 15 is 0 Å². The molecule has 0 aliphatic carbocycles. The van der Waals surface area contributed by atoms with Gasteiger partial charge in [0.05, 0.1) is 12.5 Å².